The van der Waals surface area contributed by atoms with E-state index in [1.807, 2.05) is 6.07 Å². The summed E-state index contributed by atoms with van der Waals surface area (Å²) in [6.45, 7) is 3.85. The fraction of sp³-hybridized carbons (Fsp3) is 0.810. The summed E-state index contributed by atoms with van der Waals surface area (Å²) in [7, 11) is 0. The minimum absolute atomic E-state index is 0.248. The first-order valence-corrected chi connectivity index (χ1v) is 9.94. The average Bonchev–Trinajstić information content (AvgIpc) is 2.58. The Morgan fingerprint density at radius 2 is 1.42 bits per heavy atom. The van der Waals surface area contributed by atoms with Gasteiger partial charge >= 0.3 is 5.97 Å². The maximum absolute atomic E-state index is 11.4. The van der Waals surface area contributed by atoms with E-state index in [1.165, 1.54) is 70.6 Å². The van der Waals surface area contributed by atoms with Crippen LogP contribution >= 0.6 is 0 Å². The Morgan fingerprint density at radius 3 is 1.96 bits per heavy atom. The van der Waals surface area contributed by atoms with Gasteiger partial charge in [0, 0.05) is 6.42 Å². The summed E-state index contributed by atoms with van der Waals surface area (Å²) in [5.74, 6) is -0.248. The van der Waals surface area contributed by atoms with E-state index in [1.54, 1.807) is 6.92 Å². The summed E-state index contributed by atoms with van der Waals surface area (Å²) < 4.78 is 4.91. The number of esters is 1. The van der Waals surface area contributed by atoms with Crippen LogP contribution < -0.4 is 0 Å². The molecule has 0 aromatic rings. The van der Waals surface area contributed by atoms with Gasteiger partial charge in [0.1, 0.15) is 6.07 Å². The van der Waals surface area contributed by atoms with Crippen molar-refractivity contribution in [2.24, 2.45) is 0 Å². The molecule has 0 aromatic heterocycles. The van der Waals surface area contributed by atoms with Gasteiger partial charge in [0.15, 0.2) is 6.10 Å². The first-order valence-electron chi connectivity index (χ1n) is 9.94. The Kier molecular flexibility index (Phi) is 17.1. The topological polar surface area (TPSA) is 50.1 Å². The van der Waals surface area contributed by atoms with Gasteiger partial charge in [-0.2, -0.15) is 5.26 Å². The van der Waals surface area contributed by atoms with Gasteiger partial charge in [-0.15, -0.1) is 0 Å². The van der Waals surface area contributed by atoms with Crippen molar-refractivity contribution in [3.05, 3.63) is 12.2 Å². The van der Waals surface area contributed by atoms with Gasteiger partial charge < -0.3 is 4.74 Å². The van der Waals surface area contributed by atoms with Crippen molar-refractivity contribution >= 4 is 5.97 Å². The molecule has 0 saturated heterocycles. The van der Waals surface area contributed by atoms with Gasteiger partial charge in [-0.1, -0.05) is 70.4 Å². The molecule has 0 spiro atoms. The Morgan fingerprint density at radius 1 is 0.917 bits per heavy atom. The lowest BCUT2D eigenvalue weighted by Gasteiger charge is -2.05. The van der Waals surface area contributed by atoms with Crippen LogP contribution in [0, 0.1) is 11.3 Å². The van der Waals surface area contributed by atoms with Crippen molar-refractivity contribution in [1.82, 2.24) is 0 Å². The van der Waals surface area contributed by atoms with Crippen LogP contribution in [0.3, 0.4) is 0 Å². The summed E-state index contributed by atoms with van der Waals surface area (Å²) >= 11 is 0. The van der Waals surface area contributed by atoms with Crippen molar-refractivity contribution in [1.29, 1.82) is 5.26 Å². The van der Waals surface area contributed by atoms with E-state index in [4.69, 9.17) is 10.00 Å². The van der Waals surface area contributed by atoms with Crippen molar-refractivity contribution in [3.63, 3.8) is 0 Å². The van der Waals surface area contributed by atoms with Crippen LogP contribution in [0.15, 0.2) is 12.2 Å². The predicted molar refractivity (Wildman–Crippen MR) is 101 cm³/mol. The third-order valence-electron chi connectivity index (χ3n) is 4.13. The fourth-order valence-corrected chi connectivity index (χ4v) is 2.62. The summed E-state index contributed by atoms with van der Waals surface area (Å²) in [5, 5.41) is 8.55. The highest BCUT2D eigenvalue weighted by Crippen LogP contribution is 2.10. The third-order valence-corrected chi connectivity index (χ3v) is 4.13. The summed E-state index contributed by atoms with van der Waals surface area (Å²) in [6.07, 6.45) is 20.7. The summed E-state index contributed by atoms with van der Waals surface area (Å²) in [4.78, 5) is 11.4. The quantitative estimate of drug-likeness (QED) is 0.184. The Balaban J connectivity index is 3.23. The highest BCUT2D eigenvalue weighted by atomic mass is 16.5. The van der Waals surface area contributed by atoms with Crippen molar-refractivity contribution < 1.29 is 9.53 Å². The molecule has 0 fully saturated rings. The lowest BCUT2D eigenvalue weighted by molar-refractivity contribution is -0.146. The first kappa shape index (κ1) is 22.7. The molecule has 0 aliphatic carbocycles. The highest BCUT2D eigenvalue weighted by Gasteiger charge is 2.07. The normalized spacial score (nSPS) is 12.2. The van der Waals surface area contributed by atoms with Crippen LogP contribution in [0.5, 0.6) is 0 Å². The van der Waals surface area contributed by atoms with E-state index in [0.29, 0.717) is 6.42 Å². The summed E-state index contributed by atoms with van der Waals surface area (Å²) in [5.41, 5.74) is 0. The second-order valence-corrected chi connectivity index (χ2v) is 6.60. The lowest BCUT2D eigenvalue weighted by atomic mass is 10.1. The molecule has 1 unspecified atom stereocenters. The van der Waals surface area contributed by atoms with E-state index < -0.39 is 6.10 Å². The molecule has 3 nitrogen and oxygen atoms in total. The predicted octanol–water partition coefficient (Wildman–Crippen LogP) is 6.48. The van der Waals surface area contributed by atoms with Gasteiger partial charge in [-0.05, 0) is 39.0 Å². The minimum Gasteiger partial charge on any atom is -0.447 e. The van der Waals surface area contributed by atoms with Crippen molar-refractivity contribution in [2.45, 2.75) is 110 Å². The molecule has 0 N–H and O–H groups in total. The van der Waals surface area contributed by atoms with Crippen LogP contribution in [0.4, 0.5) is 0 Å². The van der Waals surface area contributed by atoms with Gasteiger partial charge in [0.05, 0.1) is 0 Å². The van der Waals surface area contributed by atoms with E-state index >= 15 is 0 Å². The number of allylic oxidation sites excluding steroid dienone is 2. The molecule has 0 heterocycles. The number of hydrogen-bond acceptors (Lipinski definition) is 3. The molecule has 0 aliphatic rings. The molecule has 0 radical (unpaired) electrons. The molecule has 0 aliphatic heterocycles. The van der Waals surface area contributed by atoms with Gasteiger partial charge in [-0.25, -0.2) is 0 Å². The van der Waals surface area contributed by atoms with Gasteiger partial charge in [-0.3, -0.25) is 4.79 Å². The van der Waals surface area contributed by atoms with Crippen molar-refractivity contribution in [3.8, 4) is 6.07 Å². The Labute approximate surface area is 149 Å². The second kappa shape index (κ2) is 18.0. The molecule has 138 valence electrons. The maximum atomic E-state index is 11.4. The molecule has 0 aromatic carbocycles. The number of unbranched alkanes of at least 4 members (excludes halogenated alkanes) is 11. The second-order valence-electron chi connectivity index (χ2n) is 6.60. The maximum Gasteiger partial charge on any atom is 0.307 e. The number of nitriles is 1. The number of carbonyl (C=O) groups excluding carboxylic acids is 1. The standard InChI is InChI=1S/C21H37NO2/c1-3-4-5-6-7-8-9-10-11-12-13-14-15-16-17-18-21(23)24-20(2)19-22/h10-11,20H,3-9,12-18H2,1-2H3. The van der Waals surface area contributed by atoms with Gasteiger partial charge in [0.2, 0.25) is 0 Å². The molecular formula is C21H37NO2. The van der Waals surface area contributed by atoms with E-state index in [0.717, 1.165) is 12.8 Å². The monoisotopic (exact) mass is 335 g/mol. The Hall–Kier alpha value is -1.30. The van der Waals surface area contributed by atoms with Crippen LogP contribution in [0.1, 0.15) is 104 Å². The highest BCUT2D eigenvalue weighted by molar-refractivity contribution is 5.69. The van der Waals surface area contributed by atoms with E-state index in [2.05, 4.69) is 19.1 Å². The zero-order chi connectivity index (χ0) is 17.9. The van der Waals surface area contributed by atoms with Crippen LogP contribution in [-0.4, -0.2) is 12.1 Å². The smallest absolute Gasteiger partial charge is 0.307 e. The van der Waals surface area contributed by atoms with E-state index in [9.17, 15) is 4.79 Å². The third kappa shape index (κ3) is 17.1. The Bertz CT molecular complexity index is 357. The van der Waals surface area contributed by atoms with E-state index in [-0.39, 0.29) is 5.97 Å². The number of hydrogen-bond donors (Lipinski definition) is 0. The van der Waals surface area contributed by atoms with Crippen LogP contribution in [-0.2, 0) is 9.53 Å². The molecule has 0 amide bonds. The molecule has 0 bridgehead atoms. The molecule has 0 rings (SSSR count). The minimum atomic E-state index is -0.624. The number of rotatable bonds is 16. The first-order chi connectivity index (χ1) is 11.7. The number of nitrogens with zero attached hydrogens (tertiary/aromatic N) is 1. The molecule has 3 heteroatoms. The molecule has 24 heavy (non-hydrogen) atoms. The fourth-order valence-electron chi connectivity index (χ4n) is 2.62. The molecule has 0 saturated carbocycles. The zero-order valence-corrected chi connectivity index (χ0v) is 15.9. The van der Waals surface area contributed by atoms with Gasteiger partial charge in [0.25, 0.3) is 0 Å². The largest absolute Gasteiger partial charge is 0.447 e. The zero-order valence-electron chi connectivity index (χ0n) is 15.9. The number of carbonyl (C=O) groups is 1. The molecular weight excluding hydrogens is 298 g/mol. The number of ether oxygens (including phenoxy) is 1. The molecule has 1 atom stereocenters. The van der Waals surface area contributed by atoms with Crippen LogP contribution in [0.2, 0.25) is 0 Å². The van der Waals surface area contributed by atoms with Crippen molar-refractivity contribution in [2.75, 3.05) is 0 Å². The SMILES string of the molecule is CCCCCCCCC=CCCCCCCCC(=O)OC(C)C#N. The van der Waals surface area contributed by atoms with Crippen LogP contribution in [0.25, 0.3) is 0 Å². The summed E-state index contributed by atoms with van der Waals surface area (Å²) in [6, 6.07) is 1.90. The lowest BCUT2D eigenvalue weighted by Crippen LogP contribution is -2.12. The average molecular weight is 336 g/mol.